The van der Waals surface area contributed by atoms with E-state index in [1.807, 2.05) is 44.2 Å². The summed E-state index contributed by atoms with van der Waals surface area (Å²) in [6, 6.07) is 88.4. The predicted molar refractivity (Wildman–Crippen MR) is 315 cm³/mol. The van der Waals surface area contributed by atoms with Gasteiger partial charge >= 0.3 is 0 Å². The van der Waals surface area contributed by atoms with Crippen molar-refractivity contribution in [3.05, 3.63) is 334 Å². The zero-order chi connectivity index (χ0) is 52.4. The minimum atomic E-state index is -0.806. The highest BCUT2D eigenvalue weighted by molar-refractivity contribution is 5.93. The molecule has 3 heteroatoms. The molecule has 370 valence electrons. The number of halogens is 2. The molecule has 0 spiro atoms. The van der Waals surface area contributed by atoms with Crippen LogP contribution in [0, 0.1) is 25.5 Å². The molecule has 0 fully saturated rings. The van der Waals surface area contributed by atoms with Crippen LogP contribution in [0.1, 0.15) is 73.7 Å². The first-order valence-corrected chi connectivity index (χ1v) is 26.6. The Bertz CT molecular complexity index is 4080. The lowest BCUT2D eigenvalue weighted by atomic mass is 9.67. The summed E-state index contributed by atoms with van der Waals surface area (Å²) in [5.74, 6) is -0.464. The van der Waals surface area contributed by atoms with Gasteiger partial charge in [-0.15, -0.1) is 0 Å². The largest absolute Gasteiger partial charge is 0.310 e. The van der Waals surface area contributed by atoms with Gasteiger partial charge in [-0.2, -0.15) is 0 Å². The predicted octanol–water partition coefficient (Wildman–Crippen LogP) is 19.3. The van der Waals surface area contributed by atoms with Crippen LogP contribution in [0.4, 0.5) is 25.8 Å². The van der Waals surface area contributed by atoms with Crippen molar-refractivity contribution >= 4 is 23.1 Å². The Morgan fingerprint density at radius 1 is 0.377 bits per heavy atom. The Morgan fingerprint density at radius 2 is 0.805 bits per heavy atom. The SMILES string of the molecule is C=Cc1ccc(C2(c3ccc(F)c(C)c3)c3ccccc3-c3ccc(N(c4ccc(-c5cccc(-c6ccccc6)c5)cc4)c4ccc5c(c4)C(c4ccc(CC)cc4)(c4ccc(F)c(C)c4)c4ccccc4-5)cc32)cc1. The molecule has 2 aliphatic carbocycles. The van der Waals surface area contributed by atoms with Crippen molar-refractivity contribution in [2.75, 3.05) is 4.90 Å². The van der Waals surface area contributed by atoms with Gasteiger partial charge in [-0.05, 0) is 186 Å². The Hall–Kier alpha value is -9.18. The maximum absolute atomic E-state index is 15.5. The molecular formula is C74H55F2N. The highest BCUT2D eigenvalue weighted by atomic mass is 19.1. The lowest BCUT2D eigenvalue weighted by Gasteiger charge is -2.36. The summed E-state index contributed by atoms with van der Waals surface area (Å²) < 4.78 is 31.0. The van der Waals surface area contributed by atoms with Crippen molar-refractivity contribution in [1.82, 2.24) is 0 Å². The molecule has 0 aromatic heterocycles. The summed E-state index contributed by atoms with van der Waals surface area (Å²) in [6.45, 7) is 9.98. The Morgan fingerprint density at radius 3 is 1.30 bits per heavy atom. The minimum Gasteiger partial charge on any atom is -0.310 e. The Labute approximate surface area is 450 Å². The van der Waals surface area contributed by atoms with Crippen LogP contribution in [0.5, 0.6) is 0 Å². The monoisotopic (exact) mass is 995 g/mol. The first kappa shape index (κ1) is 47.5. The van der Waals surface area contributed by atoms with Crippen molar-refractivity contribution in [3.8, 4) is 44.5 Å². The summed E-state index contributed by atoms with van der Waals surface area (Å²) in [7, 11) is 0. The fourth-order valence-electron chi connectivity index (χ4n) is 12.8. The lowest BCUT2D eigenvalue weighted by Crippen LogP contribution is -2.29. The van der Waals surface area contributed by atoms with E-state index in [0.717, 1.165) is 112 Å². The average Bonchev–Trinajstić information content (AvgIpc) is 3.98. The van der Waals surface area contributed by atoms with E-state index in [1.54, 1.807) is 12.1 Å². The summed E-state index contributed by atoms with van der Waals surface area (Å²) >= 11 is 0. The molecule has 77 heavy (non-hydrogen) atoms. The van der Waals surface area contributed by atoms with Crippen molar-refractivity contribution < 1.29 is 8.78 Å². The van der Waals surface area contributed by atoms with Crippen molar-refractivity contribution in [1.29, 1.82) is 0 Å². The standard InChI is InChI=1S/C74H55F2N/c1-5-50-23-29-56(30-24-50)73(58-33-41-71(75)48(3)43-58)67-21-12-10-19-63(67)65-39-37-61(46-69(65)73)77(60-35-27-53(28-36-60)55-18-14-17-54(45-55)52-15-8-7-9-16-52)62-38-40-66-64-20-11-13-22-68(64)74(70(66)47-62,57-31-25-51(6-2)26-32-57)59-34-42-72(76)49(4)44-59/h5,7-47H,1,6H2,2-4H3. The maximum atomic E-state index is 15.5. The van der Waals surface area contributed by atoms with Gasteiger partial charge in [-0.25, -0.2) is 8.78 Å². The molecule has 0 radical (unpaired) electrons. The first-order chi connectivity index (χ1) is 37.7. The van der Waals surface area contributed by atoms with Gasteiger partial charge in [0.05, 0.1) is 10.8 Å². The summed E-state index contributed by atoms with van der Waals surface area (Å²) in [5, 5.41) is 0. The van der Waals surface area contributed by atoms with Crippen LogP contribution in [0.25, 0.3) is 50.6 Å². The second-order valence-electron chi connectivity index (χ2n) is 20.7. The molecule has 11 aromatic carbocycles. The van der Waals surface area contributed by atoms with Crippen molar-refractivity contribution in [3.63, 3.8) is 0 Å². The van der Waals surface area contributed by atoms with Gasteiger partial charge in [0.1, 0.15) is 11.6 Å². The maximum Gasteiger partial charge on any atom is 0.126 e. The van der Waals surface area contributed by atoms with E-state index in [4.69, 9.17) is 0 Å². The number of benzene rings is 11. The zero-order valence-electron chi connectivity index (χ0n) is 43.4. The topological polar surface area (TPSA) is 3.24 Å². The van der Waals surface area contributed by atoms with Crippen LogP contribution in [0.3, 0.4) is 0 Å². The third-order valence-corrected chi connectivity index (χ3v) is 16.6. The molecular weight excluding hydrogens is 941 g/mol. The van der Waals surface area contributed by atoms with Crippen LogP contribution in [-0.2, 0) is 17.3 Å². The molecule has 2 atom stereocenters. The van der Waals surface area contributed by atoms with Gasteiger partial charge in [-0.1, -0.05) is 214 Å². The third kappa shape index (κ3) is 7.55. The molecule has 0 heterocycles. The third-order valence-electron chi connectivity index (χ3n) is 16.6. The van der Waals surface area contributed by atoms with Crippen LogP contribution in [-0.4, -0.2) is 0 Å². The average molecular weight is 996 g/mol. The van der Waals surface area contributed by atoms with Crippen LogP contribution in [0.2, 0.25) is 0 Å². The van der Waals surface area contributed by atoms with Gasteiger partial charge in [0.15, 0.2) is 0 Å². The summed E-state index contributed by atoms with van der Waals surface area (Å²) in [6.07, 6.45) is 2.79. The van der Waals surface area contributed by atoms with Crippen LogP contribution < -0.4 is 4.90 Å². The van der Waals surface area contributed by atoms with E-state index in [1.165, 1.54) is 11.1 Å². The number of hydrogen-bond acceptors (Lipinski definition) is 1. The van der Waals surface area contributed by atoms with Crippen molar-refractivity contribution in [2.24, 2.45) is 0 Å². The normalized spacial score (nSPS) is 15.8. The Kier molecular flexibility index (Phi) is 11.7. The van der Waals surface area contributed by atoms with Crippen molar-refractivity contribution in [2.45, 2.75) is 38.0 Å². The van der Waals surface area contributed by atoms with E-state index in [0.29, 0.717) is 11.1 Å². The second-order valence-corrected chi connectivity index (χ2v) is 20.7. The number of rotatable bonds is 11. The fourth-order valence-corrected chi connectivity index (χ4v) is 12.8. The van der Waals surface area contributed by atoms with Gasteiger partial charge in [-0.3, -0.25) is 0 Å². The molecule has 2 aliphatic rings. The number of nitrogens with zero attached hydrogens (tertiary/aromatic N) is 1. The minimum absolute atomic E-state index is 0.228. The van der Waals surface area contributed by atoms with E-state index in [-0.39, 0.29) is 11.6 Å². The molecule has 0 saturated heterocycles. The first-order valence-electron chi connectivity index (χ1n) is 26.6. The quantitative estimate of drug-likeness (QED) is 0.125. The molecule has 13 rings (SSSR count). The fraction of sp³-hybridized carbons (Fsp3) is 0.0811. The number of hydrogen-bond donors (Lipinski definition) is 0. The van der Waals surface area contributed by atoms with Gasteiger partial charge in [0, 0.05) is 17.1 Å². The van der Waals surface area contributed by atoms with Crippen LogP contribution in [0.15, 0.2) is 255 Å². The van der Waals surface area contributed by atoms with E-state index >= 15 is 8.78 Å². The van der Waals surface area contributed by atoms with E-state index < -0.39 is 10.8 Å². The molecule has 0 aliphatic heterocycles. The van der Waals surface area contributed by atoms with E-state index in [2.05, 4.69) is 231 Å². The zero-order valence-corrected chi connectivity index (χ0v) is 43.4. The Balaban J connectivity index is 1.07. The van der Waals surface area contributed by atoms with Gasteiger partial charge in [0.25, 0.3) is 0 Å². The molecule has 11 aromatic rings. The summed E-state index contributed by atoms with van der Waals surface area (Å²) in [5.41, 5.74) is 22.6. The van der Waals surface area contributed by atoms with Crippen LogP contribution >= 0.6 is 0 Å². The van der Waals surface area contributed by atoms with Gasteiger partial charge in [0.2, 0.25) is 0 Å². The number of aryl methyl sites for hydroxylation is 3. The van der Waals surface area contributed by atoms with Gasteiger partial charge < -0.3 is 4.90 Å². The molecule has 0 N–H and O–H groups in total. The number of fused-ring (bicyclic) bond motifs is 6. The molecule has 2 unspecified atom stereocenters. The second kappa shape index (κ2) is 18.9. The molecule has 0 amide bonds. The summed E-state index contributed by atoms with van der Waals surface area (Å²) in [4.78, 5) is 2.39. The highest BCUT2D eigenvalue weighted by Gasteiger charge is 2.48. The molecule has 0 bridgehead atoms. The highest BCUT2D eigenvalue weighted by Crippen LogP contribution is 2.60. The van der Waals surface area contributed by atoms with E-state index in [9.17, 15) is 0 Å². The molecule has 0 saturated carbocycles. The molecule has 1 nitrogen and oxygen atoms in total. The number of anilines is 3. The lowest BCUT2D eigenvalue weighted by molar-refractivity contribution is 0.615. The smallest absolute Gasteiger partial charge is 0.126 e.